The lowest BCUT2D eigenvalue weighted by molar-refractivity contribution is -0.133. The lowest BCUT2D eigenvalue weighted by atomic mass is 10.1. The van der Waals surface area contributed by atoms with E-state index in [1.165, 1.54) is 0 Å². The fourth-order valence-electron chi connectivity index (χ4n) is 3.72. The van der Waals surface area contributed by atoms with Gasteiger partial charge in [-0.3, -0.25) is 4.79 Å². The normalized spacial score (nSPS) is 23.3. The minimum Gasteiger partial charge on any atom is -0.376 e. The summed E-state index contributed by atoms with van der Waals surface area (Å²) < 4.78 is 24.7. The van der Waals surface area contributed by atoms with E-state index >= 15 is 0 Å². The molecular weight excluding hydrogens is 392 g/mol. The quantitative estimate of drug-likeness (QED) is 0.803. The maximum atomic E-state index is 12.8. The highest BCUT2D eigenvalue weighted by Crippen LogP contribution is 2.29. The molecule has 0 bridgehead atoms. The maximum Gasteiger partial charge on any atom is 0.242 e. The van der Waals surface area contributed by atoms with Gasteiger partial charge in [-0.05, 0) is 43.5 Å². The van der Waals surface area contributed by atoms with Crippen LogP contribution in [0, 0.1) is 0 Å². The molecule has 1 aromatic carbocycles. The van der Waals surface area contributed by atoms with Crippen LogP contribution in [0.2, 0.25) is 0 Å². The van der Waals surface area contributed by atoms with Gasteiger partial charge in [-0.25, -0.2) is 8.42 Å². The lowest BCUT2D eigenvalue weighted by Crippen LogP contribution is -2.49. The van der Waals surface area contributed by atoms with Crippen LogP contribution in [0.3, 0.4) is 0 Å². The number of nitrogens with zero attached hydrogens (tertiary/aromatic N) is 1. The van der Waals surface area contributed by atoms with Gasteiger partial charge in [-0.1, -0.05) is 28.8 Å². The van der Waals surface area contributed by atoms with Gasteiger partial charge in [0.1, 0.15) is 0 Å². The second-order valence-electron chi connectivity index (χ2n) is 6.66. The van der Waals surface area contributed by atoms with Crippen molar-refractivity contribution in [2.24, 2.45) is 0 Å². The Balaban J connectivity index is 1.67. The minimum atomic E-state index is -2.99. The summed E-state index contributed by atoms with van der Waals surface area (Å²) in [7, 11) is -2.99. The smallest absolute Gasteiger partial charge is 0.242 e. The molecule has 3 rings (SSSR count). The highest BCUT2D eigenvalue weighted by molar-refractivity contribution is 9.10. The molecule has 1 atom stereocenters. The van der Waals surface area contributed by atoms with Crippen LogP contribution in [-0.2, 0) is 14.6 Å². The van der Waals surface area contributed by atoms with Gasteiger partial charge in [0.25, 0.3) is 0 Å². The molecule has 132 valence electrons. The van der Waals surface area contributed by atoms with Crippen LogP contribution in [-0.4, -0.2) is 49.4 Å². The molecule has 1 saturated carbocycles. The van der Waals surface area contributed by atoms with Crippen molar-refractivity contribution in [3.63, 3.8) is 0 Å². The predicted molar refractivity (Wildman–Crippen MR) is 98.8 cm³/mol. The molecule has 1 heterocycles. The van der Waals surface area contributed by atoms with Gasteiger partial charge < -0.3 is 10.2 Å². The van der Waals surface area contributed by atoms with E-state index in [4.69, 9.17) is 0 Å². The predicted octanol–water partition coefficient (Wildman–Crippen LogP) is 2.82. The molecule has 0 aromatic heterocycles. The Hall–Kier alpha value is -1.08. The van der Waals surface area contributed by atoms with Crippen molar-refractivity contribution >= 4 is 37.4 Å². The number of carbonyl (C=O) groups excluding carboxylic acids is 1. The number of amides is 1. The Morgan fingerprint density at radius 3 is 2.38 bits per heavy atom. The minimum absolute atomic E-state index is 0.00641. The van der Waals surface area contributed by atoms with Crippen LogP contribution in [0.5, 0.6) is 0 Å². The monoisotopic (exact) mass is 414 g/mol. The Kier molecular flexibility index (Phi) is 5.49. The molecule has 0 unspecified atom stereocenters. The van der Waals surface area contributed by atoms with Crippen LogP contribution >= 0.6 is 15.9 Å². The van der Waals surface area contributed by atoms with E-state index < -0.39 is 9.84 Å². The molecular formula is C17H23BrN2O3S. The molecule has 1 saturated heterocycles. The summed E-state index contributed by atoms with van der Waals surface area (Å²) in [5.74, 6) is 0.328. The van der Waals surface area contributed by atoms with E-state index in [0.29, 0.717) is 6.42 Å². The molecule has 1 N–H and O–H groups in total. The zero-order chi connectivity index (χ0) is 17.2. The third-order valence-corrected chi connectivity index (χ3v) is 7.17. The average Bonchev–Trinajstić information content (AvgIpc) is 3.17. The van der Waals surface area contributed by atoms with Crippen LogP contribution in [0.1, 0.15) is 32.1 Å². The standard InChI is InChI=1S/C17H23BrN2O3S/c18-13-5-7-14(8-6-13)19-11-17(21)20(15-3-1-2-4-15)16-9-10-24(22,23)12-16/h5-8,15-16,19H,1-4,9-12H2/t16-/m1/s1. The van der Waals surface area contributed by atoms with Crippen LogP contribution in [0.25, 0.3) is 0 Å². The van der Waals surface area contributed by atoms with Crippen molar-refractivity contribution in [2.45, 2.75) is 44.2 Å². The van der Waals surface area contributed by atoms with Gasteiger partial charge in [0.15, 0.2) is 9.84 Å². The van der Waals surface area contributed by atoms with Gasteiger partial charge in [0, 0.05) is 22.2 Å². The van der Waals surface area contributed by atoms with E-state index in [2.05, 4.69) is 21.2 Å². The number of sulfone groups is 1. The number of hydrogen-bond donors (Lipinski definition) is 1. The molecule has 1 aromatic rings. The Morgan fingerprint density at radius 1 is 1.12 bits per heavy atom. The molecule has 1 aliphatic carbocycles. The summed E-state index contributed by atoms with van der Waals surface area (Å²) in [6.07, 6.45) is 4.78. The van der Waals surface area contributed by atoms with Crippen molar-refractivity contribution < 1.29 is 13.2 Å². The van der Waals surface area contributed by atoms with E-state index in [9.17, 15) is 13.2 Å². The van der Waals surface area contributed by atoms with Crippen molar-refractivity contribution in [1.29, 1.82) is 0 Å². The first-order valence-electron chi connectivity index (χ1n) is 8.46. The van der Waals surface area contributed by atoms with Gasteiger partial charge in [-0.15, -0.1) is 0 Å². The zero-order valence-corrected chi connectivity index (χ0v) is 16.0. The fourth-order valence-corrected chi connectivity index (χ4v) is 5.70. The summed E-state index contributed by atoms with van der Waals surface area (Å²) in [6.45, 7) is 0.203. The largest absolute Gasteiger partial charge is 0.376 e. The summed E-state index contributed by atoms with van der Waals surface area (Å²) in [5, 5.41) is 3.16. The van der Waals surface area contributed by atoms with Crippen LogP contribution in [0.4, 0.5) is 5.69 Å². The number of rotatable bonds is 5. The molecule has 2 fully saturated rings. The van der Waals surface area contributed by atoms with Crippen molar-refractivity contribution in [3.8, 4) is 0 Å². The average molecular weight is 415 g/mol. The molecule has 0 spiro atoms. The number of benzene rings is 1. The van der Waals surface area contributed by atoms with Crippen LogP contribution < -0.4 is 5.32 Å². The van der Waals surface area contributed by atoms with Crippen molar-refractivity contribution in [3.05, 3.63) is 28.7 Å². The molecule has 24 heavy (non-hydrogen) atoms. The summed E-state index contributed by atoms with van der Waals surface area (Å²) in [6, 6.07) is 7.71. The van der Waals surface area contributed by atoms with Gasteiger partial charge in [0.2, 0.25) is 5.91 Å². The van der Waals surface area contributed by atoms with Crippen molar-refractivity contribution in [2.75, 3.05) is 23.4 Å². The van der Waals surface area contributed by atoms with Crippen molar-refractivity contribution in [1.82, 2.24) is 4.90 Å². The number of halogens is 1. The second kappa shape index (κ2) is 7.44. The molecule has 7 heteroatoms. The number of hydrogen-bond acceptors (Lipinski definition) is 4. The van der Waals surface area contributed by atoms with E-state index in [1.807, 2.05) is 29.2 Å². The topological polar surface area (TPSA) is 66.5 Å². The Bertz CT molecular complexity index is 684. The first kappa shape index (κ1) is 17.7. The van der Waals surface area contributed by atoms with Gasteiger partial charge >= 0.3 is 0 Å². The molecule has 2 aliphatic rings. The third kappa shape index (κ3) is 4.30. The fraction of sp³-hybridized carbons (Fsp3) is 0.588. The first-order chi connectivity index (χ1) is 11.4. The molecule has 1 aliphatic heterocycles. The summed E-state index contributed by atoms with van der Waals surface area (Å²) in [5.41, 5.74) is 0.886. The molecule has 0 radical (unpaired) electrons. The highest BCUT2D eigenvalue weighted by Gasteiger charge is 2.38. The SMILES string of the molecule is O=C(CNc1ccc(Br)cc1)N(C1CCCC1)[C@@H]1CCS(=O)(=O)C1. The lowest BCUT2D eigenvalue weighted by Gasteiger charge is -2.34. The van der Waals surface area contributed by atoms with E-state index in [-0.39, 0.29) is 36.0 Å². The first-order valence-corrected chi connectivity index (χ1v) is 11.1. The number of anilines is 1. The van der Waals surface area contributed by atoms with Gasteiger partial charge in [0.05, 0.1) is 18.1 Å². The maximum absolute atomic E-state index is 12.8. The zero-order valence-electron chi connectivity index (χ0n) is 13.6. The second-order valence-corrected chi connectivity index (χ2v) is 9.80. The number of nitrogens with one attached hydrogen (secondary N) is 1. The summed E-state index contributed by atoms with van der Waals surface area (Å²) >= 11 is 3.39. The molecule has 1 amide bonds. The van der Waals surface area contributed by atoms with Gasteiger partial charge in [-0.2, -0.15) is 0 Å². The van der Waals surface area contributed by atoms with Crippen LogP contribution in [0.15, 0.2) is 28.7 Å². The molecule has 5 nitrogen and oxygen atoms in total. The van der Waals surface area contributed by atoms with E-state index in [0.717, 1.165) is 35.8 Å². The number of carbonyl (C=O) groups is 1. The van der Waals surface area contributed by atoms with E-state index in [1.54, 1.807) is 0 Å². The Labute approximate surface area is 151 Å². The summed E-state index contributed by atoms with van der Waals surface area (Å²) in [4.78, 5) is 14.7. The Morgan fingerprint density at radius 2 is 1.79 bits per heavy atom. The highest BCUT2D eigenvalue weighted by atomic mass is 79.9. The third-order valence-electron chi connectivity index (χ3n) is 4.90.